The second-order valence-electron chi connectivity index (χ2n) is 3.54. The minimum atomic E-state index is 0.470. The first-order chi connectivity index (χ1) is 7.74. The Hall–Kier alpha value is -2.10. The van der Waals surface area contributed by atoms with E-state index >= 15 is 0 Å². The first kappa shape index (κ1) is 10.4. The molecular formula is C12H13N3O. The number of rotatable bonds is 3. The van der Waals surface area contributed by atoms with Crippen molar-refractivity contribution >= 4 is 5.69 Å². The number of aromatic nitrogens is 2. The molecule has 2 N–H and O–H groups in total. The minimum absolute atomic E-state index is 0.470. The van der Waals surface area contributed by atoms with Crippen LogP contribution in [-0.2, 0) is 6.61 Å². The highest BCUT2D eigenvalue weighted by molar-refractivity contribution is 5.39. The Bertz CT molecular complexity index is 405. The van der Waals surface area contributed by atoms with E-state index in [0.29, 0.717) is 12.5 Å². The number of anilines is 1. The Labute approximate surface area is 94.1 Å². The second kappa shape index (κ2) is 4.61. The average molecular weight is 215 g/mol. The van der Waals surface area contributed by atoms with Crippen LogP contribution in [-0.4, -0.2) is 10.2 Å². The predicted octanol–water partition coefficient (Wildman–Crippen LogP) is 1.95. The molecule has 0 amide bonds. The number of nitrogens with zero attached hydrogens (tertiary/aromatic N) is 2. The molecule has 4 nitrogen and oxygen atoms in total. The fourth-order valence-electron chi connectivity index (χ4n) is 1.23. The molecule has 0 bridgehead atoms. The van der Waals surface area contributed by atoms with Gasteiger partial charge >= 0.3 is 0 Å². The van der Waals surface area contributed by atoms with E-state index in [1.807, 2.05) is 37.3 Å². The Morgan fingerprint density at radius 2 is 1.81 bits per heavy atom. The summed E-state index contributed by atoms with van der Waals surface area (Å²) in [6, 6.07) is 11.2. The predicted molar refractivity (Wildman–Crippen MR) is 62.0 cm³/mol. The summed E-state index contributed by atoms with van der Waals surface area (Å²) in [7, 11) is 0. The van der Waals surface area contributed by atoms with Gasteiger partial charge < -0.3 is 10.5 Å². The normalized spacial score (nSPS) is 10.1. The lowest BCUT2D eigenvalue weighted by atomic mass is 10.2. The van der Waals surface area contributed by atoms with Gasteiger partial charge in [0.25, 0.3) is 0 Å². The molecule has 4 heteroatoms. The molecular weight excluding hydrogens is 202 g/mol. The summed E-state index contributed by atoms with van der Waals surface area (Å²) in [5.74, 6) is 0.530. The number of nitrogen functional groups attached to an aromatic ring is 1. The van der Waals surface area contributed by atoms with Gasteiger partial charge in [-0.2, -0.15) is 5.10 Å². The molecule has 1 aromatic carbocycles. The number of hydrogen-bond acceptors (Lipinski definition) is 4. The summed E-state index contributed by atoms with van der Waals surface area (Å²) >= 11 is 0. The molecule has 1 aromatic heterocycles. The maximum absolute atomic E-state index is 5.59. The van der Waals surface area contributed by atoms with Crippen molar-refractivity contribution in [2.24, 2.45) is 0 Å². The van der Waals surface area contributed by atoms with Crippen molar-refractivity contribution in [3.05, 3.63) is 47.7 Å². The molecule has 0 aliphatic carbocycles. The van der Waals surface area contributed by atoms with Crippen LogP contribution in [0.3, 0.4) is 0 Å². The van der Waals surface area contributed by atoms with Gasteiger partial charge in [0.15, 0.2) is 0 Å². The van der Waals surface area contributed by atoms with Crippen molar-refractivity contribution in [1.82, 2.24) is 10.2 Å². The van der Waals surface area contributed by atoms with Gasteiger partial charge in [-0.25, -0.2) is 0 Å². The van der Waals surface area contributed by atoms with Crippen molar-refractivity contribution < 1.29 is 4.74 Å². The van der Waals surface area contributed by atoms with E-state index in [-0.39, 0.29) is 0 Å². The molecule has 0 saturated carbocycles. The fourth-order valence-corrected chi connectivity index (χ4v) is 1.23. The van der Waals surface area contributed by atoms with E-state index in [0.717, 1.165) is 16.9 Å². The Morgan fingerprint density at radius 3 is 2.44 bits per heavy atom. The molecule has 0 saturated heterocycles. The van der Waals surface area contributed by atoms with E-state index in [9.17, 15) is 0 Å². The van der Waals surface area contributed by atoms with Gasteiger partial charge in [-0.15, -0.1) is 5.10 Å². The quantitative estimate of drug-likeness (QED) is 0.795. The van der Waals surface area contributed by atoms with Crippen LogP contribution >= 0.6 is 0 Å². The molecule has 0 fully saturated rings. The maximum atomic E-state index is 5.59. The molecule has 0 aliphatic rings. The number of ether oxygens (including phenoxy) is 1. The lowest BCUT2D eigenvalue weighted by Gasteiger charge is -2.04. The van der Waals surface area contributed by atoms with Crippen LogP contribution in [0.4, 0.5) is 5.69 Å². The summed E-state index contributed by atoms with van der Waals surface area (Å²) in [4.78, 5) is 0. The SMILES string of the molecule is Cc1ccc(OCc2ccc(N)cc2)nn1. The van der Waals surface area contributed by atoms with Crippen LogP contribution in [0.2, 0.25) is 0 Å². The average Bonchev–Trinajstić information content (AvgIpc) is 2.30. The van der Waals surface area contributed by atoms with Gasteiger partial charge in [0.2, 0.25) is 5.88 Å². The number of nitrogens with two attached hydrogens (primary N) is 1. The lowest BCUT2D eigenvalue weighted by Crippen LogP contribution is -1.99. The van der Waals surface area contributed by atoms with Gasteiger partial charge in [0, 0.05) is 11.8 Å². The fraction of sp³-hybridized carbons (Fsp3) is 0.167. The van der Waals surface area contributed by atoms with Gasteiger partial charge in [0.1, 0.15) is 6.61 Å². The highest BCUT2D eigenvalue weighted by atomic mass is 16.5. The van der Waals surface area contributed by atoms with E-state index in [1.54, 1.807) is 6.07 Å². The van der Waals surface area contributed by atoms with E-state index in [4.69, 9.17) is 10.5 Å². The zero-order valence-corrected chi connectivity index (χ0v) is 9.05. The van der Waals surface area contributed by atoms with Crippen molar-refractivity contribution in [1.29, 1.82) is 0 Å². The van der Waals surface area contributed by atoms with E-state index in [2.05, 4.69) is 10.2 Å². The monoisotopic (exact) mass is 215 g/mol. The number of benzene rings is 1. The zero-order valence-electron chi connectivity index (χ0n) is 9.05. The third-order valence-corrected chi connectivity index (χ3v) is 2.14. The first-order valence-electron chi connectivity index (χ1n) is 5.01. The van der Waals surface area contributed by atoms with Crippen molar-refractivity contribution in [2.45, 2.75) is 13.5 Å². The van der Waals surface area contributed by atoms with Crippen LogP contribution < -0.4 is 10.5 Å². The third kappa shape index (κ3) is 2.70. The van der Waals surface area contributed by atoms with Crippen molar-refractivity contribution in [3.8, 4) is 5.88 Å². The Kier molecular flexibility index (Phi) is 3.00. The molecule has 0 radical (unpaired) electrons. The van der Waals surface area contributed by atoms with Crippen molar-refractivity contribution in [3.63, 3.8) is 0 Å². The van der Waals surface area contributed by atoms with Gasteiger partial charge in [-0.1, -0.05) is 12.1 Å². The smallest absolute Gasteiger partial charge is 0.233 e. The van der Waals surface area contributed by atoms with Gasteiger partial charge in [0.05, 0.1) is 5.69 Å². The standard InChI is InChI=1S/C12H13N3O/c1-9-2-7-12(15-14-9)16-8-10-3-5-11(13)6-4-10/h2-7H,8,13H2,1H3. The van der Waals surface area contributed by atoms with Crippen LogP contribution in [0, 0.1) is 6.92 Å². The molecule has 0 spiro atoms. The van der Waals surface area contributed by atoms with Crippen LogP contribution in [0.5, 0.6) is 5.88 Å². The third-order valence-electron chi connectivity index (χ3n) is 2.14. The summed E-state index contributed by atoms with van der Waals surface area (Å²) in [5.41, 5.74) is 8.26. The summed E-state index contributed by atoms with van der Waals surface area (Å²) in [6.45, 7) is 2.36. The molecule has 16 heavy (non-hydrogen) atoms. The summed E-state index contributed by atoms with van der Waals surface area (Å²) < 4.78 is 5.47. The summed E-state index contributed by atoms with van der Waals surface area (Å²) in [5, 5.41) is 7.82. The van der Waals surface area contributed by atoms with Crippen LogP contribution in [0.25, 0.3) is 0 Å². The molecule has 82 valence electrons. The minimum Gasteiger partial charge on any atom is -0.472 e. The maximum Gasteiger partial charge on any atom is 0.233 e. The second-order valence-corrected chi connectivity index (χ2v) is 3.54. The van der Waals surface area contributed by atoms with E-state index < -0.39 is 0 Å². The molecule has 1 heterocycles. The topological polar surface area (TPSA) is 61.0 Å². The molecule has 0 aliphatic heterocycles. The van der Waals surface area contributed by atoms with Crippen molar-refractivity contribution in [2.75, 3.05) is 5.73 Å². The Balaban J connectivity index is 1.97. The van der Waals surface area contributed by atoms with Gasteiger partial charge in [-0.3, -0.25) is 0 Å². The molecule has 2 aromatic rings. The molecule has 2 rings (SSSR count). The first-order valence-corrected chi connectivity index (χ1v) is 5.01. The van der Waals surface area contributed by atoms with Crippen LogP contribution in [0.15, 0.2) is 36.4 Å². The zero-order chi connectivity index (χ0) is 11.4. The highest BCUT2D eigenvalue weighted by Gasteiger charge is 1.97. The largest absolute Gasteiger partial charge is 0.472 e. The van der Waals surface area contributed by atoms with Crippen LogP contribution in [0.1, 0.15) is 11.3 Å². The highest BCUT2D eigenvalue weighted by Crippen LogP contribution is 2.10. The summed E-state index contributed by atoms with van der Waals surface area (Å²) in [6.07, 6.45) is 0. The lowest BCUT2D eigenvalue weighted by molar-refractivity contribution is 0.290. The number of hydrogen-bond donors (Lipinski definition) is 1. The van der Waals surface area contributed by atoms with E-state index in [1.165, 1.54) is 0 Å². The molecule has 0 unspecified atom stereocenters. The Morgan fingerprint density at radius 1 is 1.06 bits per heavy atom. The number of aryl methyl sites for hydroxylation is 1. The molecule has 0 atom stereocenters. The van der Waals surface area contributed by atoms with Gasteiger partial charge in [-0.05, 0) is 30.7 Å².